The molecule has 1 aliphatic rings. The number of thiazole rings is 1. The maximum atomic E-state index is 13.1. The SMILES string of the molecule is CC(C)c1cn2c(CCN3CCC(C(=O)c4ccc(F)cc4)CC3)csc2n1. The van der Waals surface area contributed by atoms with E-state index in [4.69, 9.17) is 4.98 Å². The van der Waals surface area contributed by atoms with Gasteiger partial charge in [0.25, 0.3) is 0 Å². The highest BCUT2D eigenvalue weighted by molar-refractivity contribution is 7.15. The zero-order valence-electron chi connectivity index (χ0n) is 16.4. The number of piperidine rings is 1. The fraction of sp³-hybridized carbons (Fsp3) is 0.455. The molecule has 148 valence electrons. The summed E-state index contributed by atoms with van der Waals surface area (Å²) >= 11 is 1.70. The van der Waals surface area contributed by atoms with Crippen molar-refractivity contribution in [3.05, 3.63) is 58.6 Å². The summed E-state index contributed by atoms with van der Waals surface area (Å²) in [6, 6.07) is 5.93. The van der Waals surface area contributed by atoms with Gasteiger partial charge in [-0.25, -0.2) is 9.37 Å². The van der Waals surface area contributed by atoms with Crippen LogP contribution in [-0.4, -0.2) is 39.7 Å². The van der Waals surface area contributed by atoms with Crippen LogP contribution in [0.15, 0.2) is 35.8 Å². The van der Waals surface area contributed by atoms with Gasteiger partial charge in [0.05, 0.1) is 5.69 Å². The molecule has 0 unspecified atom stereocenters. The minimum absolute atomic E-state index is 0.0526. The fourth-order valence-electron chi connectivity index (χ4n) is 3.85. The van der Waals surface area contributed by atoms with Crippen LogP contribution in [0.25, 0.3) is 4.96 Å². The quantitative estimate of drug-likeness (QED) is 0.559. The molecule has 0 bridgehead atoms. The second-order valence-corrected chi connectivity index (χ2v) is 8.77. The second kappa shape index (κ2) is 8.13. The van der Waals surface area contributed by atoms with Gasteiger partial charge in [-0.2, -0.15) is 0 Å². The number of carbonyl (C=O) groups excluding carboxylic acids is 1. The third-order valence-electron chi connectivity index (χ3n) is 5.66. The van der Waals surface area contributed by atoms with Gasteiger partial charge in [-0.15, -0.1) is 11.3 Å². The number of hydrogen-bond acceptors (Lipinski definition) is 4. The highest BCUT2D eigenvalue weighted by atomic mass is 32.1. The van der Waals surface area contributed by atoms with Crippen LogP contribution in [0, 0.1) is 11.7 Å². The zero-order valence-corrected chi connectivity index (χ0v) is 17.2. The number of halogens is 1. The van der Waals surface area contributed by atoms with Crippen molar-refractivity contribution < 1.29 is 9.18 Å². The van der Waals surface area contributed by atoms with Crippen molar-refractivity contribution in [1.29, 1.82) is 0 Å². The minimum Gasteiger partial charge on any atom is -0.303 e. The molecule has 0 aliphatic carbocycles. The molecule has 4 rings (SSSR count). The van der Waals surface area contributed by atoms with E-state index in [2.05, 4.69) is 34.7 Å². The van der Waals surface area contributed by atoms with Crippen LogP contribution in [0.3, 0.4) is 0 Å². The Labute approximate surface area is 169 Å². The van der Waals surface area contributed by atoms with E-state index >= 15 is 0 Å². The van der Waals surface area contributed by atoms with E-state index in [0.717, 1.165) is 49.6 Å². The van der Waals surface area contributed by atoms with Gasteiger partial charge in [0.15, 0.2) is 10.7 Å². The first-order valence-corrected chi connectivity index (χ1v) is 10.9. The van der Waals surface area contributed by atoms with Gasteiger partial charge in [0, 0.05) is 41.7 Å². The van der Waals surface area contributed by atoms with Crippen LogP contribution >= 0.6 is 11.3 Å². The zero-order chi connectivity index (χ0) is 19.7. The van der Waals surface area contributed by atoms with E-state index in [1.807, 2.05) is 0 Å². The Morgan fingerprint density at radius 1 is 1.25 bits per heavy atom. The molecule has 0 saturated carbocycles. The molecule has 2 aromatic heterocycles. The average molecular weight is 400 g/mol. The van der Waals surface area contributed by atoms with Crippen LogP contribution in [0.1, 0.15) is 54.4 Å². The number of Topliss-reactive ketones (excluding diaryl/α,β-unsaturated/α-hetero) is 1. The topological polar surface area (TPSA) is 37.6 Å². The number of nitrogens with zero attached hydrogens (tertiary/aromatic N) is 3. The average Bonchev–Trinajstić information content (AvgIpc) is 3.28. The monoisotopic (exact) mass is 399 g/mol. The summed E-state index contributed by atoms with van der Waals surface area (Å²) in [6.45, 7) is 7.21. The van der Waals surface area contributed by atoms with E-state index in [0.29, 0.717) is 11.5 Å². The van der Waals surface area contributed by atoms with Gasteiger partial charge in [-0.05, 0) is 56.1 Å². The number of ketones is 1. The third-order valence-corrected chi connectivity index (χ3v) is 6.55. The molecule has 0 amide bonds. The van der Waals surface area contributed by atoms with E-state index in [-0.39, 0.29) is 17.5 Å². The lowest BCUT2D eigenvalue weighted by Crippen LogP contribution is -2.37. The number of fused-ring (bicyclic) bond motifs is 1. The normalized spacial score (nSPS) is 16.3. The molecular weight excluding hydrogens is 373 g/mol. The largest absolute Gasteiger partial charge is 0.303 e. The highest BCUT2D eigenvalue weighted by Crippen LogP contribution is 2.24. The Hall–Kier alpha value is -2.05. The summed E-state index contributed by atoms with van der Waals surface area (Å²) < 4.78 is 15.3. The first-order valence-electron chi connectivity index (χ1n) is 9.99. The number of aromatic nitrogens is 2. The molecule has 28 heavy (non-hydrogen) atoms. The lowest BCUT2D eigenvalue weighted by molar-refractivity contribution is 0.0841. The first-order chi connectivity index (χ1) is 13.5. The van der Waals surface area contributed by atoms with Crippen LogP contribution in [-0.2, 0) is 6.42 Å². The van der Waals surface area contributed by atoms with Crippen molar-refractivity contribution in [1.82, 2.24) is 14.3 Å². The molecule has 0 N–H and O–H groups in total. The Balaban J connectivity index is 1.31. The third kappa shape index (κ3) is 4.03. The molecular formula is C22H26FN3OS. The van der Waals surface area contributed by atoms with Gasteiger partial charge in [-0.1, -0.05) is 13.8 Å². The maximum Gasteiger partial charge on any atom is 0.194 e. The van der Waals surface area contributed by atoms with Crippen LogP contribution in [0.5, 0.6) is 0 Å². The van der Waals surface area contributed by atoms with Crippen molar-refractivity contribution >= 4 is 22.1 Å². The maximum absolute atomic E-state index is 13.1. The van der Waals surface area contributed by atoms with Crippen molar-refractivity contribution in [3.8, 4) is 0 Å². The van der Waals surface area contributed by atoms with Crippen LogP contribution in [0.4, 0.5) is 4.39 Å². The first kappa shape index (κ1) is 19.3. The molecule has 1 saturated heterocycles. The standard InChI is InChI=1S/C22H26FN3OS/c1-15(2)20-13-26-19(14-28-22(26)24-20)9-12-25-10-7-17(8-11-25)21(27)16-3-5-18(23)6-4-16/h3-6,13-15,17H,7-12H2,1-2H3. The number of hydrogen-bond donors (Lipinski definition) is 0. The van der Waals surface area contributed by atoms with Crippen molar-refractivity contribution in [2.45, 2.75) is 39.0 Å². The van der Waals surface area contributed by atoms with Crippen LogP contribution in [0.2, 0.25) is 0 Å². The van der Waals surface area contributed by atoms with Gasteiger partial charge >= 0.3 is 0 Å². The Morgan fingerprint density at radius 2 is 1.96 bits per heavy atom. The lowest BCUT2D eigenvalue weighted by Gasteiger charge is -2.31. The molecule has 0 spiro atoms. The molecule has 3 aromatic rings. The van der Waals surface area contributed by atoms with Crippen LogP contribution < -0.4 is 0 Å². The summed E-state index contributed by atoms with van der Waals surface area (Å²) in [7, 11) is 0. The number of carbonyl (C=O) groups is 1. The molecule has 1 fully saturated rings. The highest BCUT2D eigenvalue weighted by Gasteiger charge is 2.25. The Kier molecular flexibility index (Phi) is 5.60. The predicted octanol–water partition coefficient (Wildman–Crippen LogP) is 4.80. The molecule has 6 heteroatoms. The Morgan fingerprint density at radius 3 is 2.64 bits per heavy atom. The van der Waals surface area contributed by atoms with Crippen molar-refractivity contribution in [3.63, 3.8) is 0 Å². The number of imidazole rings is 1. The molecule has 1 aromatic carbocycles. The smallest absolute Gasteiger partial charge is 0.194 e. The molecule has 4 nitrogen and oxygen atoms in total. The molecule has 0 atom stereocenters. The molecule has 0 radical (unpaired) electrons. The molecule has 3 heterocycles. The van der Waals surface area contributed by atoms with Crippen molar-refractivity contribution in [2.75, 3.05) is 19.6 Å². The summed E-state index contributed by atoms with van der Waals surface area (Å²) in [6.07, 6.45) is 4.90. The van der Waals surface area contributed by atoms with E-state index in [1.165, 1.54) is 17.8 Å². The predicted molar refractivity (Wildman–Crippen MR) is 111 cm³/mol. The van der Waals surface area contributed by atoms with Gasteiger partial charge < -0.3 is 4.90 Å². The van der Waals surface area contributed by atoms with E-state index in [9.17, 15) is 9.18 Å². The summed E-state index contributed by atoms with van der Waals surface area (Å²) in [5.41, 5.74) is 3.08. The minimum atomic E-state index is -0.299. The van der Waals surface area contributed by atoms with Gasteiger partial charge in [-0.3, -0.25) is 9.20 Å². The summed E-state index contributed by atoms with van der Waals surface area (Å²) in [5, 5.41) is 2.21. The lowest BCUT2D eigenvalue weighted by atomic mass is 9.89. The summed E-state index contributed by atoms with van der Waals surface area (Å²) in [4.78, 5) is 20.8. The number of likely N-dealkylation sites (tertiary alicyclic amines) is 1. The Bertz CT molecular complexity index is 952. The van der Waals surface area contributed by atoms with E-state index < -0.39 is 0 Å². The number of benzene rings is 1. The van der Waals surface area contributed by atoms with E-state index in [1.54, 1.807) is 23.5 Å². The number of rotatable bonds is 6. The van der Waals surface area contributed by atoms with Gasteiger partial charge in [0.2, 0.25) is 0 Å². The summed E-state index contributed by atoms with van der Waals surface area (Å²) in [5.74, 6) is 0.348. The fourth-order valence-corrected chi connectivity index (χ4v) is 4.76. The molecule has 1 aliphatic heterocycles. The van der Waals surface area contributed by atoms with Gasteiger partial charge in [0.1, 0.15) is 5.82 Å². The second-order valence-electron chi connectivity index (χ2n) is 7.94. The van der Waals surface area contributed by atoms with Crippen molar-refractivity contribution in [2.24, 2.45) is 5.92 Å².